The second-order valence-corrected chi connectivity index (χ2v) is 4.13. The number of aryl methyl sites for hydroxylation is 2. The first-order chi connectivity index (χ1) is 8.58. The fraction of sp³-hybridized carbons (Fsp3) is 0.308. The third kappa shape index (κ3) is 2.80. The third-order valence-electron chi connectivity index (χ3n) is 2.68. The van der Waals surface area contributed by atoms with Gasteiger partial charge in [-0.15, -0.1) is 0 Å². The third-order valence-corrected chi connectivity index (χ3v) is 2.68. The summed E-state index contributed by atoms with van der Waals surface area (Å²) in [6.07, 6.45) is 0. The second-order valence-electron chi connectivity index (χ2n) is 4.13. The van der Waals surface area contributed by atoms with E-state index >= 15 is 0 Å². The van der Waals surface area contributed by atoms with Gasteiger partial charge in [-0.05, 0) is 19.1 Å². The number of benzene rings is 1. The van der Waals surface area contributed by atoms with Crippen LogP contribution in [0.1, 0.15) is 11.4 Å². The topological polar surface area (TPSA) is 39.1 Å². The van der Waals surface area contributed by atoms with Crippen molar-refractivity contribution in [1.29, 1.82) is 0 Å². The van der Waals surface area contributed by atoms with Crippen molar-refractivity contribution in [3.05, 3.63) is 41.5 Å². The Morgan fingerprint density at radius 1 is 1.33 bits per heavy atom. The molecule has 0 saturated carbocycles. The van der Waals surface area contributed by atoms with Gasteiger partial charge in [0.1, 0.15) is 11.6 Å². The summed E-state index contributed by atoms with van der Waals surface area (Å²) >= 11 is 0. The zero-order chi connectivity index (χ0) is 13.1. The molecule has 0 aliphatic heterocycles. The lowest BCUT2D eigenvalue weighted by molar-refractivity contribution is 0.411. The molecule has 1 aromatic carbocycles. The normalized spacial score (nSPS) is 10.4. The first kappa shape index (κ1) is 12.4. The molecule has 0 radical (unpaired) electrons. The molecule has 0 atom stereocenters. The lowest BCUT2D eigenvalue weighted by Crippen LogP contribution is -2.05. The lowest BCUT2D eigenvalue weighted by atomic mass is 10.2. The zero-order valence-corrected chi connectivity index (χ0v) is 10.7. The lowest BCUT2D eigenvalue weighted by Gasteiger charge is -2.08. The molecule has 18 heavy (non-hydrogen) atoms. The van der Waals surface area contributed by atoms with E-state index in [0.717, 1.165) is 11.4 Å². The van der Waals surface area contributed by atoms with Crippen molar-refractivity contribution in [3.63, 3.8) is 0 Å². The number of anilines is 1. The Morgan fingerprint density at radius 3 is 2.72 bits per heavy atom. The van der Waals surface area contributed by atoms with E-state index in [1.807, 2.05) is 20.0 Å². The molecule has 2 aromatic rings. The molecule has 0 unspecified atom stereocenters. The van der Waals surface area contributed by atoms with Crippen LogP contribution >= 0.6 is 0 Å². The van der Waals surface area contributed by atoms with Gasteiger partial charge in [-0.2, -0.15) is 5.10 Å². The SMILES string of the molecule is COc1cc(F)cc(NCc2cc(C)nn2C)c1. The maximum absolute atomic E-state index is 13.3. The molecule has 0 aliphatic rings. The number of rotatable bonds is 4. The van der Waals surface area contributed by atoms with Crippen molar-refractivity contribution in [3.8, 4) is 5.75 Å². The molecule has 0 spiro atoms. The summed E-state index contributed by atoms with van der Waals surface area (Å²) < 4.78 is 20.1. The predicted octanol–water partition coefficient (Wildman–Crippen LogP) is 2.49. The molecule has 1 N–H and O–H groups in total. The van der Waals surface area contributed by atoms with Crippen molar-refractivity contribution in [2.45, 2.75) is 13.5 Å². The van der Waals surface area contributed by atoms with Gasteiger partial charge in [0, 0.05) is 24.9 Å². The predicted molar refractivity (Wildman–Crippen MR) is 68.2 cm³/mol. The summed E-state index contributed by atoms with van der Waals surface area (Å²) in [5.41, 5.74) is 2.69. The monoisotopic (exact) mass is 249 g/mol. The number of hydrogen-bond donors (Lipinski definition) is 1. The van der Waals surface area contributed by atoms with Crippen LogP contribution < -0.4 is 10.1 Å². The Labute approximate surface area is 105 Å². The van der Waals surface area contributed by atoms with Crippen molar-refractivity contribution in [1.82, 2.24) is 9.78 Å². The highest BCUT2D eigenvalue weighted by Crippen LogP contribution is 2.20. The number of nitrogens with one attached hydrogen (secondary N) is 1. The molecule has 96 valence electrons. The maximum atomic E-state index is 13.3. The minimum atomic E-state index is -0.321. The highest BCUT2D eigenvalue weighted by Gasteiger charge is 2.04. The Balaban J connectivity index is 2.10. The van der Waals surface area contributed by atoms with E-state index in [1.165, 1.54) is 19.2 Å². The smallest absolute Gasteiger partial charge is 0.128 e. The van der Waals surface area contributed by atoms with E-state index in [9.17, 15) is 4.39 Å². The summed E-state index contributed by atoms with van der Waals surface area (Å²) in [7, 11) is 3.40. The van der Waals surface area contributed by atoms with Crippen LogP contribution in [0.15, 0.2) is 24.3 Å². The highest BCUT2D eigenvalue weighted by molar-refractivity contribution is 5.48. The van der Waals surface area contributed by atoms with Gasteiger partial charge in [-0.1, -0.05) is 0 Å². The van der Waals surface area contributed by atoms with Crippen LogP contribution in [0.25, 0.3) is 0 Å². The second kappa shape index (κ2) is 5.08. The van der Waals surface area contributed by atoms with E-state index in [0.29, 0.717) is 18.0 Å². The molecule has 0 saturated heterocycles. The van der Waals surface area contributed by atoms with Crippen molar-refractivity contribution < 1.29 is 9.13 Å². The number of hydrogen-bond acceptors (Lipinski definition) is 3. The van der Waals surface area contributed by atoms with Gasteiger partial charge in [-0.3, -0.25) is 4.68 Å². The fourth-order valence-electron chi connectivity index (χ4n) is 1.80. The Bertz CT molecular complexity index is 551. The standard InChI is InChI=1S/C13H16FN3O/c1-9-4-12(17(2)16-9)8-15-11-5-10(14)6-13(7-11)18-3/h4-7,15H,8H2,1-3H3. The minimum Gasteiger partial charge on any atom is -0.497 e. The fourth-order valence-corrected chi connectivity index (χ4v) is 1.80. The molecular weight excluding hydrogens is 233 g/mol. The summed E-state index contributed by atoms with van der Waals surface area (Å²) in [4.78, 5) is 0. The summed E-state index contributed by atoms with van der Waals surface area (Å²) in [6.45, 7) is 2.53. The van der Waals surface area contributed by atoms with Crippen molar-refractivity contribution in [2.24, 2.45) is 7.05 Å². The van der Waals surface area contributed by atoms with Gasteiger partial charge < -0.3 is 10.1 Å². The summed E-state index contributed by atoms with van der Waals surface area (Å²) in [5, 5.41) is 7.40. The van der Waals surface area contributed by atoms with Gasteiger partial charge in [0.2, 0.25) is 0 Å². The Kier molecular flexibility index (Phi) is 3.50. The van der Waals surface area contributed by atoms with Gasteiger partial charge in [-0.25, -0.2) is 4.39 Å². The average molecular weight is 249 g/mol. The molecule has 1 aromatic heterocycles. The number of methoxy groups -OCH3 is 1. The van der Waals surface area contributed by atoms with Gasteiger partial charge in [0.15, 0.2) is 0 Å². The number of nitrogens with zero attached hydrogens (tertiary/aromatic N) is 2. The molecule has 0 bridgehead atoms. The van der Waals surface area contributed by atoms with Gasteiger partial charge in [0.25, 0.3) is 0 Å². The van der Waals surface area contributed by atoms with Crippen LogP contribution in [0.3, 0.4) is 0 Å². The van der Waals surface area contributed by atoms with E-state index in [1.54, 1.807) is 10.7 Å². The first-order valence-corrected chi connectivity index (χ1v) is 5.66. The number of aromatic nitrogens is 2. The number of ether oxygens (including phenoxy) is 1. The molecule has 0 fully saturated rings. The van der Waals surface area contributed by atoms with Crippen LogP contribution in [0.4, 0.5) is 10.1 Å². The van der Waals surface area contributed by atoms with E-state index < -0.39 is 0 Å². The van der Waals surface area contributed by atoms with Crippen molar-refractivity contribution >= 4 is 5.69 Å². The average Bonchev–Trinajstić information content (AvgIpc) is 2.64. The highest BCUT2D eigenvalue weighted by atomic mass is 19.1. The van der Waals surface area contributed by atoms with E-state index in [4.69, 9.17) is 4.74 Å². The number of halogens is 1. The largest absolute Gasteiger partial charge is 0.497 e. The summed E-state index contributed by atoms with van der Waals surface area (Å²) in [5.74, 6) is 0.178. The molecule has 4 nitrogen and oxygen atoms in total. The summed E-state index contributed by atoms with van der Waals surface area (Å²) in [6, 6.07) is 6.53. The van der Waals surface area contributed by atoms with E-state index in [2.05, 4.69) is 10.4 Å². The molecule has 0 amide bonds. The molecule has 1 heterocycles. The van der Waals surface area contributed by atoms with Crippen LogP contribution in [0.5, 0.6) is 5.75 Å². The Hall–Kier alpha value is -2.04. The van der Waals surface area contributed by atoms with Crippen LogP contribution in [0, 0.1) is 12.7 Å². The maximum Gasteiger partial charge on any atom is 0.128 e. The quantitative estimate of drug-likeness (QED) is 0.904. The van der Waals surface area contributed by atoms with Gasteiger partial charge in [0.05, 0.1) is 25.0 Å². The van der Waals surface area contributed by atoms with Crippen LogP contribution in [-0.2, 0) is 13.6 Å². The van der Waals surface area contributed by atoms with Gasteiger partial charge >= 0.3 is 0 Å². The van der Waals surface area contributed by atoms with Crippen LogP contribution in [-0.4, -0.2) is 16.9 Å². The molecule has 0 aliphatic carbocycles. The Morgan fingerprint density at radius 2 is 2.11 bits per heavy atom. The molecule has 2 rings (SSSR count). The first-order valence-electron chi connectivity index (χ1n) is 5.66. The molecular formula is C13H16FN3O. The zero-order valence-electron chi connectivity index (χ0n) is 10.7. The van der Waals surface area contributed by atoms with E-state index in [-0.39, 0.29) is 5.82 Å². The molecule has 5 heteroatoms. The van der Waals surface area contributed by atoms with Crippen molar-refractivity contribution in [2.75, 3.05) is 12.4 Å². The minimum absolute atomic E-state index is 0.321. The van der Waals surface area contributed by atoms with Crippen LogP contribution in [0.2, 0.25) is 0 Å².